The second kappa shape index (κ2) is 5.11. The van der Waals surface area contributed by atoms with E-state index in [-0.39, 0.29) is 18.3 Å². The summed E-state index contributed by atoms with van der Waals surface area (Å²) in [5, 5.41) is 9.75. The van der Waals surface area contributed by atoms with E-state index in [0.717, 1.165) is 15.6 Å². The Morgan fingerprint density at radius 1 is 1.43 bits per heavy atom. The van der Waals surface area contributed by atoms with Gasteiger partial charge in [-0.25, -0.2) is 4.39 Å². The molecular formula is C15H14FNO3S. The first-order valence-corrected chi connectivity index (χ1v) is 7.49. The fourth-order valence-corrected chi connectivity index (χ4v) is 3.84. The molecular weight excluding hydrogens is 293 g/mol. The van der Waals surface area contributed by atoms with Crippen molar-refractivity contribution in [3.05, 3.63) is 34.5 Å². The zero-order chi connectivity index (χ0) is 15.1. The van der Waals surface area contributed by atoms with Gasteiger partial charge >= 0.3 is 5.97 Å². The minimum absolute atomic E-state index is 0.155. The normalized spacial score (nSPS) is 18.4. The molecule has 3 rings (SSSR count). The van der Waals surface area contributed by atoms with Crippen molar-refractivity contribution < 1.29 is 19.1 Å². The number of aliphatic carboxylic acids is 1. The van der Waals surface area contributed by atoms with Crippen LogP contribution in [0.2, 0.25) is 0 Å². The highest BCUT2D eigenvalue weighted by atomic mass is 32.1. The van der Waals surface area contributed by atoms with Crippen molar-refractivity contribution in [1.82, 2.24) is 4.90 Å². The number of halogens is 1. The molecule has 1 atom stereocenters. The highest BCUT2D eigenvalue weighted by Gasteiger charge is 2.32. The number of carbonyl (C=O) groups excluding carboxylic acids is 1. The van der Waals surface area contributed by atoms with E-state index in [4.69, 9.17) is 5.11 Å². The average Bonchev–Trinajstić information content (AvgIpc) is 3.04. The maximum Gasteiger partial charge on any atom is 0.308 e. The molecule has 1 saturated heterocycles. The fraction of sp³-hybridized carbons (Fsp3) is 0.333. The van der Waals surface area contributed by atoms with Gasteiger partial charge in [0.2, 0.25) is 0 Å². The number of nitrogens with zero attached hydrogens (tertiary/aromatic N) is 1. The van der Waals surface area contributed by atoms with Crippen LogP contribution in [0.25, 0.3) is 10.1 Å². The van der Waals surface area contributed by atoms with Crippen molar-refractivity contribution in [1.29, 1.82) is 0 Å². The third-order valence-corrected chi connectivity index (χ3v) is 5.18. The number of benzene rings is 1. The van der Waals surface area contributed by atoms with Gasteiger partial charge in [-0.05, 0) is 42.5 Å². The van der Waals surface area contributed by atoms with Gasteiger partial charge in [-0.2, -0.15) is 0 Å². The lowest BCUT2D eigenvalue weighted by Crippen LogP contribution is -2.29. The number of amides is 1. The third kappa shape index (κ3) is 2.40. The van der Waals surface area contributed by atoms with Crippen LogP contribution in [0, 0.1) is 18.7 Å². The Bertz CT molecular complexity index is 740. The van der Waals surface area contributed by atoms with Crippen LogP contribution >= 0.6 is 11.3 Å². The van der Waals surface area contributed by atoms with Crippen LogP contribution in [-0.4, -0.2) is 35.0 Å². The number of hydrogen-bond donors (Lipinski definition) is 1. The lowest BCUT2D eigenvalue weighted by molar-refractivity contribution is -0.141. The summed E-state index contributed by atoms with van der Waals surface area (Å²) in [6, 6.07) is 4.48. The number of carboxylic acid groups (broad SMARTS) is 1. The minimum Gasteiger partial charge on any atom is -0.481 e. The number of carboxylic acids is 1. The van der Waals surface area contributed by atoms with Gasteiger partial charge in [0.05, 0.1) is 10.8 Å². The summed E-state index contributed by atoms with van der Waals surface area (Å²) in [5.74, 6) is -1.83. The molecule has 1 amide bonds. The van der Waals surface area contributed by atoms with Crippen molar-refractivity contribution in [2.24, 2.45) is 5.92 Å². The van der Waals surface area contributed by atoms with Crippen LogP contribution in [-0.2, 0) is 4.79 Å². The molecule has 1 N–H and O–H groups in total. The van der Waals surface area contributed by atoms with Gasteiger partial charge in [0.15, 0.2) is 0 Å². The lowest BCUT2D eigenvalue weighted by atomic mass is 10.1. The van der Waals surface area contributed by atoms with Gasteiger partial charge in [0, 0.05) is 17.8 Å². The highest BCUT2D eigenvalue weighted by molar-refractivity contribution is 7.21. The summed E-state index contributed by atoms with van der Waals surface area (Å²) in [4.78, 5) is 25.7. The average molecular weight is 307 g/mol. The van der Waals surface area contributed by atoms with Crippen LogP contribution in [0.1, 0.15) is 21.7 Å². The van der Waals surface area contributed by atoms with Crippen LogP contribution < -0.4 is 0 Å². The van der Waals surface area contributed by atoms with E-state index < -0.39 is 11.9 Å². The van der Waals surface area contributed by atoms with E-state index in [1.54, 1.807) is 17.9 Å². The number of fused-ring (bicyclic) bond motifs is 1. The molecule has 0 saturated carbocycles. The molecule has 110 valence electrons. The predicted molar refractivity (Wildman–Crippen MR) is 78.2 cm³/mol. The highest BCUT2D eigenvalue weighted by Crippen LogP contribution is 2.33. The second-order valence-electron chi connectivity index (χ2n) is 5.27. The molecule has 2 heterocycles. The second-order valence-corrected chi connectivity index (χ2v) is 6.32. The van der Waals surface area contributed by atoms with Crippen molar-refractivity contribution in [2.45, 2.75) is 13.3 Å². The molecule has 0 spiro atoms. The summed E-state index contributed by atoms with van der Waals surface area (Å²) >= 11 is 1.33. The zero-order valence-electron chi connectivity index (χ0n) is 11.4. The molecule has 4 nitrogen and oxygen atoms in total. The van der Waals surface area contributed by atoms with Crippen molar-refractivity contribution in [3.63, 3.8) is 0 Å². The molecule has 1 fully saturated rings. The lowest BCUT2D eigenvalue weighted by Gasteiger charge is -2.15. The van der Waals surface area contributed by atoms with Crippen LogP contribution in [0.15, 0.2) is 18.2 Å². The number of carbonyl (C=O) groups is 2. The molecule has 2 aromatic rings. The van der Waals surface area contributed by atoms with Gasteiger partial charge in [-0.15, -0.1) is 11.3 Å². The Morgan fingerprint density at radius 2 is 2.19 bits per heavy atom. The van der Waals surface area contributed by atoms with E-state index in [2.05, 4.69) is 0 Å². The quantitative estimate of drug-likeness (QED) is 0.928. The van der Waals surface area contributed by atoms with Crippen molar-refractivity contribution >= 4 is 33.3 Å². The Labute approximate surface area is 124 Å². The van der Waals surface area contributed by atoms with Gasteiger partial charge in [-0.1, -0.05) is 0 Å². The van der Waals surface area contributed by atoms with Crippen molar-refractivity contribution in [3.8, 4) is 0 Å². The Morgan fingerprint density at radius 3 is 2.86 bits per heavy atom. The minimum atomic E-state index is -0.861. The van der Waals surface area contributed by atoms with E-state index in [1.165, 1.54) is 23.5 Å². The first-order chi connectivity index (χ1) is 9.97. The zero-order valence-corrected chi connectivity index (χ0v) is 12.2. The largest absolute Gasteiger partial charge is 0.481 e. The maximum absolute atomic E-state index is 13.3. The SMILES string of the molecule is Cc1c(C(=O)N2CC[C@H](C(=O)O)C2)sc2ccc(F)cc12. The van der Waals surface area contributed by atoms with E-state index in [0.29, 0.717) is 17.8 Å². The monoisotopic (exact) mass is 307 g/mol. The molecule has 0 aliphatic carbocycles. The molecule has 0 unspecified atom stereocenters. The number of aryl methyl sites for hydroxylation is 1. The van der Waals surface area contributed by atoms with Crippen LogP contribution in [0.4, 0.5) is 4.39 Å². The van der Waals surface area contributed by atoms with E-state index >= 15 is 0 Å². The van der Waals surface area contributed by atoms with E-state index in [1.807, 2.05) is 0 Å². The standard InChI is InChI=1S/C15H14FNO3S/c1-8-11-6-10(16)2-3-12(11)21-13(8)14(18)17-5-4-9(7-17)15(19)20/h2-3,6,9H,4-5,7H2,1H3,(H,19,20)/t9-/m0/s1. The molecule has 0 bridgehead atoms. The van der Waals surface area contributed by atoms with Crippen LogP contribution in [0.3, 0.4) is 0 Å². The number of hydrogen-bond acceptors (Lipinski definition) is 3. The summed E-state index contributed by atoms with van der Waals surface area (Å²) in [5.41, 5.74) is 0.762. The molecule has 1 aromatic heterocycles. The fourth-order valence-electron chi connectivity index (χ4n) is 2.69. The Hall–Kier alpha value is -1.95. The molecule has 1 aromatic carbocycles. The summed E-state index contributed by atoms with van der Waals surface area (Å²) < 4.78 is 14.2. The molecule has 21 heavy (non-hydrogen) atoms. The van der Waals surface area contributed by atoms with E-state index in [9.17, 15) is 14.0 Å². The first-order valence-electron chi connectivity index (χ1n) is 6.68. The first kappa shape index (κ1) is 14.0. The summed E-state index contributed by atoms with van der Waals surface area (Å²) in [6.45, 7) is 2.50. The topological polar surface area (TPSA) is 57.6 Å². The van der Waals surface area contributed by atoms with Gasteiger partial charge < -0.3 is 10.0 Å². The molecule has 6 heteroatoms. The van der Waals surface area contributed by atoms with Crippen LogP contribution in [0.5, 0.6) is 0 Å². The Kier molecular flexibility index (Phi) is 3.41. The predicted octanol–water partition coefficient (Wildman–Crippen LogP) is 2.90. The van der Waals surface area contributed by atoms with Gasteiger partial charge in [0.1, 0.15) is 5.82 Å². The summed E-state index contributed by atoms with van der Waals surface area (Å²) in [6.07, 6.45) is 0.486. The Balaban J connectivity index is 1.92. The third-order valence-electron chi connectivity index (χ3n) is 3.92. The van der Waals surface area contributed by atoms with Crippen molar-refractivity contribution in [2.75, 3.05) is 13.1 Å². The molecule has 1 aliphatic heterocycles. The van der Waals surface area contributed by atoms with Gasteiger partial charge in [0.25, 0.3) is 5.91 Å². The smallest absolute Gasteiger partial charge is 0.308 e. The number of thiophene rings is 1. The molecule has 0 radical (unpaired) electrons. The maximum atomic E-state index is 13.3. The molecule has 1 aliphatic rings. The van der Waals surface area contributed by atoms with Gasteiger partial charge in [-0.3, -0.25) is 9.59 Å². The number of rotatable bonds is 2. The summed E-state index contributed by atoms with van der Waals surface area (Å²) in [7, 11) is 0. The number of likely N-dealkylation sites (tertiary alicyclic amines) is 1.